The Bertz CT molecular complexity index is 278. The maximum atomic E-state index is 11.9. The van der Waals surface area contributed by atoms with Gasteiger partial charge in [-0.3, -0.25) is 4.79 Å². The lowest BCUT2D eigenvalue weighted by molar-refractivity contribution is -0.171. The molecule has 0 aromatic heterocycles. The number of nitrogens with two attached hydrogens (primary N) is 1. The number of carbonyl (C=O) groups excluding carboxylic acids is 1. The molecule has 1 aliphatic heterocycles. The molecule has 4 nitrogen and oxygen atoms in total. The summed E-state index contributed by atoms with van der Waals surface area (Å²) in [5, 5.41) is 10.0. The second-order valence-electron chi connectivity index (χ2n) is 5.43. The smallest absolute Gasteiger partial charge is 0.242 e. The van der Waals surface area contributed by atoms with Gasteiger partial charge >= 0.3 is 0 Å². The van der Waals surface area contributed by atoms with E-state index in [0.717, 1.165) is 19.3 Å². The number of aliphatic hydroxyl groups is 1. The second kappa shape index (κ2) is 3.19. The molecule has 2 rings (SSSR count). The lowest BCUT2D eigenvalue weighted by atomic mass is 9.74. The average molecular weight is 212 g/mol. The zero-order chi connectivity index (χ0) is 11.3. The van der Waals surface area contributed by atoms with Crippen LogP contribution in [-0.2, 0) is 4.79 Å². The molecule has 0 aromatic rings. The fourth-order valence-corrected chi connectivity index (χ4v) is 2.21. The molecule has 0 spiro atoms. The van der Waals surface area contributed by atoms with Gasteiger partial charge in [0.05, 0.1) is 18.6 Å². The maximum Gasteiger partial charge on any atom is 0.242 e. The number of carbonyl (C=O) groups is 1. The van der Waals surface area contributed by atoms with Crippen molar-refractivity contribution in [2.75, 3.05) is 13.1 Å². The van der Waals surface area contributed by atoms with Crippen LogP contribution in [0, 0.1) is 5.92 Å². The molecule has 1 saturated carbocycles. The van der Waals surface area contributed by atoms with Crippen LogP contribution < -0.4 is 5.73 Å². The highest BCUT2D eigenvalue weighted by atomic mass is 16.3. The summed E-state index contributed by atoms with van der Waals surface area (Å²) in [5.41, 5.74) is 4.65. The van der Waals surface area contributed by atoms with Crippen molar-refractivity contribution in [3.05, 3.63) is 0 Å². The van der Waals surface area contributed by atoms with Crippen LogP contribution in [0.3, 0.4) is 0 Å². The fraction of sp³-hybridized carbons (Fsp3) is 0.909. The van der Waals surface area contributed by atoms with Crippen LogP contribution in [0.4, 0.5) is 0 Å². The van der Waals surface area contributed by atoms with E-state index in [0.29, 0.717) is 13.1 Å². The highest BCUT2D eigenvalue weighted by Crippen LogP contribution is 2.36. The molecule has 86 valence electrons. The van der Waals surface area contributed by atoms with Crippen LogP contribution in [0.1, 0.15) is 33.1 Å². The van der Waals surface area contributed by atoms with Gasteiger partial charge in [0, 0.05) is 0 Å². The Balaban J connectivity index is 1.92. The van der Waals surface area contributed by atoms with Crippen molar-refractivity contribution in [2.24, 2.45) is 11.7 Å². The van der Waals surface area contributed by atoms with Gasteiger partial charge in [0.15, 0.2) is 0 Å². The van der Waals surface area contributed by atoms with E-state index in [2.05, 4.69) is 0 Å². The number of hydrogen-bond acceptors (Lipinski definition) is 3. The van der Waals surface area contributed by atoms with E-state index in [1.54, 1.807) is 4.90 Å². The third kappa shape index (κ3) is 1.56. The van der Waals surface area contributed by atoms with Crippen LogP contribution in [0.2, 0.25) is 0 Å². The molecule has 1 saturated heterocycles. The molecular formula is C11H20N2O2. The zero-order valence-electron chi connectivity index (χ0n) is 9.49. The summed E-state index contributed by atoms with van der Waals surface area (Å²) < 4.78 is 0. The van der Waals surface area contributed by atoms with Crippen molar-refractivity contribution in [3.8, 4) is 0 Å². The topological polar surface area (TPSA) is 66.6 Å². The minimum Gasteiger partial charge on any atom is -0.386 e. The molecule has 0 aromatic carbocycles. The van der Waals surface area contributed by atoms with E-state index >= 15 is 0 Å². The highest BCUT2D eigenvalue weighted by Gasteiger charge is 2.51. The summed E-state index contributed by atoms with van der Waals surface area (Å²) in [4.78, 5) is 13.6. The van der Waals surface area contributed by atoms with Crippen molar-refractivity contribution in [3.63, 3.8) is 0 Å². The Labute approximate surface area is 90.4 Å². The number of nitrogens with zero attached hydrogens (tertiary/aromatic N) is 1. The summed E-state index contributed by atoms with van der Waals surface area (Å²) >= 11 is 0. The first-order valence-corrected chi connectivity index (χ1v) is 5.68. The van der Waals surface area contributed by atoms with Gasteiger partial charge in [-0.05, 0) is 25.2 Å². The molecular weight excluding hydrogens is 192 g/mol. The monoisotopic (exact) mass is 212 g/mol. The predicted molar refractivity (Wildman–Crippen MR) is 57.1 cm³/mol. The number of rotatable bonds is 2. The molecule has 4 heteroatoms. The third-order valence-corrected chi connectivity index (χ3v) is 3.96. The van der Waals surface area contributed by atoms with Crippen molar-refractivity contribution in [2.45, 2.75) is 44.2 Å². The quantitative estimate of drug-likeness (QED) is 0.682. The molecule has 3 N–H and O–H groups in total. The molecule has 2 fully saturated rings. The summed E-state index contributed by atoms with van der Waals surface area (Å²) in [7, 11) is 0. The molecule has 15 heavy (non-hydrogen) atoms. The van der Waals surface area contributed by atoms with Gasteiger partial charge in [-0.15, -0.1) is 0 Å². The van der Waals surface area contributed by atoms with Gasteiger partial charge in [0.1, 0.15) is 5.60 Å². The van der Waals surface area contributed by atoms with Gasteiger partial charge in [0.25, 0.3) is 0 Å². The molecule has 0 radical (unpaired) electrons. The van der Waals surface area contributed by atoms with E-state index in [-0.39, 0.29) is 11.8 Å². The number of amides is 1. The van der Waals surface area contributed by atoms with Crippen molar-refractivity contribution in [1.82, 2.24) is 4.90 Å². The molecule has 2 aliphatic rings. The second-order valence-corrected chi connectivity index (χ2v) is 5.43. The van der Waals surface area contributed by atoms with Crippen molar-refractivity contribution in [1.29, 1.82) is 0 Å². The Kier molecular flexibility index (Phi) is 2.32. The fourth-order valence-electron chi connectivity index (χ4n) is 2.21. The SMILES string of the molecule is CC(C)C1(O)CN(C(=O)C2(N)CCC2)C1. The molecule has 1 amide bonds. The largest absolute Gasteiger partial charge is 0.386 e. The molecule has 1 heterocycles. The molecule has 0 atom stereocenters. The van der Waals surface area contributed by atoms with Gasteiger partial charge in [-0.1, -0.05) is 13.8 Å². The Morgan fingerprint density at radius 2 is 1.93 bits per heavy atom. The lowest BCUT2D eigenvalue weighted by Crippen LogP contribution is -2.71. The first-order chi connectivity index (χ1) is 6.87. The van der Waals surface area contributed by atoms with Crippen molar-refractivity contribution >= 4 is 5.91 Å². The normalized spacial score (nSPS) is 27.1. The summed E-state index contributed by atoms with van der Waals surface area (Å²) in [5.74, 6) is 0.218. The minimum atomic E-state index is -0.685. The molecule has 0 bridgehead atoms. The Morgan fingerprint density at radius 3 is 2.27 bits per heavy atom. The predicted octanol–water partition coefficient (Wildman–Crippen LogP) is 0.0971. The highest BCUT2D eigenvalue weighted by molar-refractivity contribution is 5.88. The maximum absolute atomic E-state index is 11.9. The molecule has 1 aliphatic carbocycles. The third-order valence-electron chi connectivity index (χ3n) is 3.96. The Hall–Kier alpha value is -0.610. The van der Waals surface area contributed by atoms with Crippen LogP contribution in [-0.4, -0.2) is 40.1 Å². The summed E-state index contributed by atoms with van der Waals surface area (Å²) in [6.45, 7) is 4.84. The Morgan fingerprint density at radius 1 is 1.40 bits per heavy atom. The number of likely N-dealkylation sites (tertiary alicyclic amines) is 1. The van der Waals surface area contributed by atoms with Gasteiger partial charge in [0.2, 0.25) is 5.91 Å². The van der Waals surface area contributed by atoms with E-state index in [1.165, 1.54) is 0 Å². The minimum absolute atomic E-state index is 0.0269. The van der Waals surface area contributed by atoms with Crippen LogP contribution >= 0.6 is 0 Å². The first kappa shape index (κ1) is 10.9. The summed E-state index contributed by atoms with van der Waals surface area (Å²) in [6.07, 6.45) is 2.63. The first-order valence-electron chi connectivity index (χ1n) is 5.68. The van der Waals surface area contributed by atoms with E-state index in [1.807, 2.05) is 13.8 Å². The van der Waals surface area contributed by atoms with Crippen LogP contribution in [0.5, 0.6) is 0 Å². The standard InChI is InChI=1S/C11H20N2O2/c1-8(2)11(15)6-13(7-11)9(14)10(12)4-3-5-10/h8,15H,3-7,12H2,1-2H3. The van der Waals surface area contributed by atoms with Crippen LogP contribution in [0.15, 0.2) is 0 Å². The van der Waals surface area contributed by atoms with Gasteiger partial charge in [-0.25, -0.2) is 0 Å². The number of β-amino-alcohol motifs (C(OH)–C–C–N with tert-alkyl or cyclic N) is 1. The summed E-state index contributed by atoms with van der Waals surface area (Å²) in [6, 6.07) is 0. The van der Waals surface area contributed by atoms with E-state index in [9.17, 15) is 9.90 Å². The van der Waals surface area contributed by atoms with Crippen LogP contribution in [0.25, 0.3) is 0 Å². The van der Waals surface area contributed by atoms with Crippen molar-refractivity contribution < 1.29 is 9.90 Å². The zero-order valence-corrected chi connectivity index (χ0v) is 9.49. The van der Waals surface area contributed by atoms with Gasteiger partial charge in [-0.2, -0.15) is 0 Å². The average Bonchev–Trinajstić information content (AvgIpc) is 2.07. The molecule has 0 unspecified atom stereocenters. The number of hydrogen-bond donors (Lipinski definition) is 2. The van der Waals surface area contributed by atoms with E-state index < -0.39 is 11.1 Å². The van der Waals surface area contributed by atoms with Gasteiger partial charge < -0.3 is 15.7 Å². The van der Waals surface area contributed by atoms with E-state index in [4.69, 9.17) is 5.73 Å². The lowest BCUT2D eigenvalue weighted by Gasteiger charge is -2.52.